The molecule has 0 heterocycles. The molecule has 0 saturated carbocycles. The third-order valence-corrected chi connectivity index (χ3v) is 4.65. The van der Waals surface area contributed by atoms with Crippen molar-refractivity contribution in [3.8, 4) is 0 Å². The van der Waals surface area contributed by atoms with E-state index in [9.17, 15) is 4.79 Å². The van der Waals surface area contributed by atoms with Crippen LogP contribution in [0.2, 0.25) is 0 Å². The minimum Gasteiger partial charge on any atom is -0.331 e. The number of carbonyl (C=O) groups excluding carboxylic acids is 1. The number of anilines is 1. The predicted molar refractivity (Wildman–Crippen MR) is 122 cm³/mol. The van der Waals surface area contributed by atoms with Gasteiger partial charge in [0.25, 0.3) is 5.91 Å². The maximum Gasteiger partial charge on any atom is 0.257 e. The Balaban J connectivity index is 1.87. The number of halogens is 1. The van der Waals surface area contributed by atoms with Crippen LogP contribution in [0, 0.1) is 0 Å². The highest BCUT2D eigenvalue weighted by atomic mass is 79.9. The van der Waals surface area contributed by atoms with Crippen molar-refractivity contribution in [2.45, 2.75) is 26.2 Å². The first-order valence-electron chi connectivity index (χ1n) is 8.20. The van der Waals surface area contributed by atoms with E-state index >= 15 is 0 Å². The largest absolute Gasteiger partial charge is 0.331 e. The molecule has 1 amide bonds. The van der Waals surface area contributed by atoms with Crippen molar-refractivity contribution < 1.29 is 4.79 Å². The predicted octanol–water partition coefficient (Wildman–Crippen LogP) is 4.25. The fourth-order valence-corrected chi connectivity index (χ4v) is 3.55. The van der Waals surface area contributed by atoms with Crippen LogP contribution in [-0.2, 0) is 5.41 Å². The number of para-hydroxylation sites is 1. The third kappa shape index (κ3) is 6.57. The summed E-state index contributed by atoms with van der Waals surface area (Å²) in [6, 6.07) is 15.0. The van der Waals surface area contributed by atoms with E-state index in [0.29, 0.717) is 10.7 Å². The number of amides is 1. The molecule has 0 aliphatic rings. The number of thiocarbonyl (C=S) groups is 2. The summed E-state index contributed by atoms with van der Waals surface area (Å²) in [5.41, 5.74) is 7.87. The molecule has 0 aromatic heterocycles. The zero-order valence-corrected chi connectivity index (χ0v) is 18.4. The lowest BCUT2D eigenvalue weighted by atomic mass is 9.86. The van der Waals surface area contributed by atoms with Gasteiger partial charge >= 0.3 is 0 Å². The Kier molecular flexibility index (Phi) is 7.29. The molecule has 0 radical (unpaired) electrons. The topological polar surface area (TPSA) is 65.2 Å². The summed E-state index contributed by atoms with van der Waals surface area (Å²) >= 11 is 13.8. The van der Waals surface area contributed by atoms with Gasteiger partial charge in [-0.2, -0.15) is 0 Å². The zero-order chi connectivity index (χ0) is 20.0. The summed E-state index contributed by atoms with van der Waals surface area (Å²) in [7, 11) is 0. The van der Waals surface area contributed by atoms with Crippen LogP contribution in [0.1, 0.15) is 36.7 Å². The van der Waals surface area contributed by atoms with Gasteiger partial charge in [0.15, 0.2) is 10.2 Å². The number of carbonyl (C=O) groups is 1. The van der Waals surface area contributed by atoms with Gasteiger partial charge in [0, 0.05) is 15.7 Å². The first kappa shape index (κ1) is 21.3. The van der Waals surface area contributed by atoms with Gasteiger partial charge in [-0.15, -0.1) is 0 Å². The van der Waals surface area contributed by atoms with Crippen LogP contribution < -0.4 is 21.5 Å². The van der Waals surface area contributed by atoms with E-state index < -0.39 is 0 Å². The van der Waals surface area contributed by atoms with Crippen LogP contribution in [0.3, 0.4) is 0 Å². The summed E-state index contributed by atoms with van der Waals surface area (Å²) < 4.78 is 0.882. The Bertz CT molecular complexity index is 851. The van der Waals surface area contributed by atoms with Gasteiger partial charge in [-0.3, -0.25) is 21.0 Å². The van der Waals surface area contributed by atoms with E-state index in [1.54, 1.807) is 12.1 Å². The van der Waals surface area contributed by atoms with Gasteiger partial charge in [0.05, 0.1) is 0 Å². The molecule has 8 heteroatoms. The van der Waals surface area contributed by atoms with Gasteiger partial charge in [-0.05, 0) is 59.7 Å². The lowest BCUT2D eigenvalue weighted by molar-refractivity contribution is 0.0976. The maximum absolute atomic E-state index is 12.4. The molecular formula is C19H21BrN4OS2. The number of rotatable bonds is 2. The summed E-state index contributed by atoms with van der Waals surface area (Å²) in [5, 5.41) is 6.05. The average molecular weight is 465 g/mol. The summed E-state index contributed by atoms with van der Waals surface area (Å²) in [4.78, 5) is 12.4. The fourth-order valence-electron chi connectivity index (χ4n) is 2.27. The minimum atomic E-state index is -0.308. The molecule has 0 saturated heterocycles. The third-order valence-electron chi connectivity index (χ3n) is 3.59. The van der Waals surface area contributed by atoms with E-state index in [-0.39, 0.29) is 16.4 Å². The van der Waals surface area contributed by atoms with E-state index in [0.717, 1.165) is 15.7 Å². The highest BCUT2D eigenvalue weighted by Crippen LogP contribution is 2.30. The number of nitrogens with one attached hydrogen (secondary N) is 4. The Morgan fingerprint density at radius 3 is 2.19 bits per heavy atom. The molecule has 0 bridgehead atoms. The Hall–Kier alpha value is -2.03. The average Bonchev–Trinajstić information content (AvgIpc) is 2.59. The lowest BCUT2D eigenvalue weighted by Gasteiger charge is -2.21. The molecule has 0 unspecified atom stereocenters. The summed E-state index contributed by atoms with van der Waals surface area (Å²) in [6.07, 6.45) is 0. The van der Waals surface area contributed by atoms with Crippen molar-refractivity contribution in [3.63, 3.8) is 0 Å². The van der Waals surface area contributed by atoms with Gasteiger partial charge in [-0.25, -0.2) is 0 Å². The number of hydrazine groups is 1. The second-order valence-electron chi connectivity index (χ2n) is 6.80. The van der Waals surface area contributed by atoms with Gasteiger partial charge in [0.1, 0.15) is 0 Å². The second kappa shape index (κ2) is 9.25. The monoisotopic (exact) mass is 464 g/mol. The minimum absolute atomic E-state index is 0.0178. The quantitative estimate of drug-likeness (QED) is 0.393. The Labute approximate surface area is 178 Å². The molecule has 0 atom stereocenters. The van der Waals surface area contributed by atoms with Crippen LogP contribution in [0.4, 0.5) is 5.69 Å². The Morgan fingerprint density at radius 1 is 0.963 bits per heavy atom. The normalized spacial score (nSPS) is 10.7. The van der Waals surface area contributed by atoms with E-state index in [2.05, 4.69) is 58.2 Å². The first-order valence-corrected chi connectivity index (χ1v) is 9.81. The SMILES string of the molecule is CC(C)(C)c1ccc(C(=O)NC(=S)NNC(=S)Nc2ccccc2)cc1Br. The molecule has 2 aromatic carbocycles. The lowest BCUT2D eigenvalue weighted by Crippen LogP contribution is -2.49. The number of hydrogen-bond acceptors (Lipinski definition) is 3. The van der Waals surface area contributed by atoms with E-state index in [4.69, 9.17) is 24.4 Å². The van der Waals surface area contributed by atoms with Crippen LogP contribution in [0.25, 0.3) is 0 Å². The molecule has 2 aromatic rings. The molecule has 27 heavy (non-hydrogen) atoms. The smallest absolute Gasteiger partial charge is 0.257 e. The summed E-state index contributed by atoms with van der Waals surface area (Å²) in [6.45, 7) is 6.35. The Morgan fingerprint density at radius 2 is 1.59 bits per heavy atom. The van der Waals surface area contributed by atoms with Crippen LogP contribution >= 0.6 is 40.4 Å². The summed E-state index contributed by atoms with van der Waals surface area (Å²) in [5.74, 6) is -0.308. The van der Waals surface area contributed by atoms with Crippen LogP contribution in [0.5, 0.6) is 0 Å². The number of hydrogen-bond donors (Lipinski definition) is 4. The van der Waals surface area contributed by atoms with Crippen molar-refractivity contribution >= 4 is 62.2 Å². The van der Waals surface area contributed by atoms with Crippen molar-refractivity contribution in [1.82, 2.24) is 16.2 Å². The molecule has 0 fully saturated rings. The molecule has 0 spiro atoms. The molecule has 0 aliphatic carbocycles. The zero-order valence-electron chi connectivity index (χ0n) is 15.2. The second-order valence-corrected chi connectivity index (χ2v) is 8.47. The van der Waals surface area contributed by atoms with Crippen molar-refractivity contribution in [2.24, 2.45) is 0 Å². The van der Waals surface area contributed by atoms with Crippen LogP contribution in [0.15, 0.2) is 53.0 Å². The van der Waals surface area contributed by atoms with Gasteiger partial charge < -0.3 is 5.32 Å². The van der Waals surface area contributed by atoms with Crippen molar-refractivity contribution in [2.75, 3.05) is 5.32 Å². The van der Waals surface area contributed by atoms with Gasteiger partial charge in [-0.1, -0.05) is 61.0 Å². The molecule has 5 nitrogen and oxygen atoms in total. The standard InChI is InChI=1S/C19H21BrN4OS2/c1-19(2,3)14-10-9-12(11-15(14)20)16(25)22-18(27)24-23-17(26)21-13-7-5-4-6-8-13/h4-11H,1-3H3,(H2,21,23,26)(H2,22,24,25,27). The number of benzene rings is 2. The molecule has 0 aliphatic heterocycles. The van der Waals surface area contributed by atoms with Gasteiger partial charge in [0.2, 0.25) is 0 Å². The maximum atomic E-state index is 12.4. The fraction of sp³-hybridized carbons (Fsp3) is 0.211. The van der Waals surface area contributed by atoms with Crippen LogP contribution in [-0.4, -0.2) is 16.1 Å². The van der Waals surface area contributed by atoms with Crippen molar-refractivity contribution in [3.05, 3.63) is 64.1 Å². The van der Waals surface area contributed by atoms with Crippen molar-refractivity contribution in [1.29, 1.82) is 0 Å². The molecule has 4 N–H and O–H groups in total. The molecular weight excluding hydrogens is 444 g/mol. The van der Waals surface area contributed by atoms with E-state index in [1.165, 1.54) is 0 Å². The first-order chi connectivity index (χ1) is 12.7. The molecule has 2 rings (SSSR count). The highest BCUT2D eigenvalue weighted by Gasteiger charge is 2.18. The van der Waals surface area contributed by atoms with E-state index in [1.807, 2.05) is 36.4 Å². The molecule has 142 valence electrons. The highest BCUT2D eigenvalue weighted by molar-refractivity contribution is 9.10.